The summed E-state index contributed by atoms with van der Waals surface area (Å²) in [7, 11) is 1.61. The molecule has 0 unspecified atom stereocenters. The van der Waals surface area contributed by atoms with E-state index in [2.05, 4.69) is 19.9 Å². The highest BCUT2D eigenvalue weighted by atomic mass is 16.5. The van der Waals surface area contributed by atoms with Crippen molar-refractivity contribution in [2.75, 3.05) is 38.3 Å². The molecule has 2 fully saturated rings. The van der Waals surface area contributed by atoms with Gasteiger partial charge in [0.05, 0.1) is 33.0 Å². The molecule has 7 heteroatoms. The molecule has 0 amide bonds. The molecule has 1 spiro atoms. The number of ether oxygens (including phenoxy) is 3. The number of nitrogens with zero attached hydrogens (tertiary/aromatic N) is 4. The Bertz CT molecular complexity index is 691. The van der Waals surface area contributed by atoms with Gasteiger partial charge in [-0.1, -0.05) is 0 Å². The Morgan fingerprint density at radius 3 is 3.08 bits per heavy atom. The van der Waals surface area contributed by atoms with Crippen LogP contribution in [-0.4, -0.2) is 54.0 Å². The molecule has 4 rings (SSSR count). The van der Waals surface area contributed by atoms with E-state index in [1.54, 1.807) is 19.5 Å². The Kier molecular flexibility index (Phi) is 3.93. The molecule has 0 aliphatic carbocycles. The minimum Gasteiger partial charge on any atom is -0.492 e. The van der Waals surface area contributed by atoms with Crippen LogP contribution in [0.2, 0.25) is 0 Å². The van der Waals surface area contributed by atoms with Gasteiger partial charge in [-0.25, -0.2) is 9.97 Å². The van der Waals surface area contributed by atoms with E-state index in [-0.39, 0.29) is 5.60 Å². The molecule has 2 aliphatic heterocycles. The van der Waals surface area contributed by atoms with Gasteiger partial charge in [-0.2, -0.15) is 0 Å². The van der Waals surface area contributed by atoms with E-state index in [9.17, 15) is 0 Å². The van der Waals surface area contributed by atoms with Crippen LogP contribution < -0.4 is 14.4 Å². The number of aromatic nitrogens is 3. The maximum Gasteiger partial charge on any atom is 0.218 e. The maximum absolute atomic E-state index is 6.07. The lowest BCUT2D eigenvalue weighted by molar-refractivity contribution is -0.0526. The normalized spacial score (nSPS) is 21.5. The summed E-state index contributed by atoms with van der Waals surface area (Å²) in [6.45, 7) is 3.05. The lowest BCUT2D eigenvalue weighted by Crippen LogP contribution is -2.65. The highest BCUT2D eigenvalue weighted by Gasteiger charge is 2.53. The van der Waals surface area contributed by atoms with Crippen LogP contribution in [0.5, 0.6) is 11.6 Å². The Morgan fingerprint density at radius 1 is 1.38 bits per heavy atom. The average molecular weight is 328 g/mol. The molecular formula is C17H20N4O3. The van der Waals surface area contributed by atoms with Gasteiger partial charge in [0.1, 0.15) is 23.5 Å². The second-order valence-electron chi connectivity index (χ2n) is 6.17. The third-order valence-corrected chi connectivity index (χ3v) is 4.76. The highest BCUT2D eigenvalue weighted by molar-refractivity contribution is 5.46. The van der Waals surface area contributed by atoms with Gasteiger partial charge in [-0.3, -0.25) is 4.98 Å². The number of pyridine rings is 1. The molecule has 2 aromatic heterocycles. The van der Waals surface area contributed by atoms with Gasteiger partial charge < -0.3 is 19.1 Å². The van der Waals surface area contributed by atoms with Crippen LogP contribution in [0.3, 0.4) is 0 Å². The van der Waals surface area contributed by atoms with Crippen molar-refractivity contribution < 1.29 is 14.2 Å². The molecule has 0 N–H and O–H groups in total. The SMILES string of the molecule is COc1cc(N2CC3(C2)OCC[C@H]3COc2cccnc2)ncn1. The quantitative estimate of drug-likeness (QED) is 0.825. The maximum atomic E-state index is 6.07. The molecular weight excluding hydrogens is 308 g/mol. The van der Waals surface area contributed by atoms with E-state index in [1.807, 2.05) is 18.2 Å². The Balaban J connectivity index is 1.39. The molecule has 0 radical (unpaired) electrons. The molecule has 2 aliphatic rings. The first-order valence-electron chi connectivity index (χ1n) is 8.07. The zero-order chi connectivity index (χ0) is 16.4. The molecule has 126 valence electrons. The van der Waals surface area contributed by atoms with Crippen LogP contribution in [-0.2, 0) is 4.74 Å². The molecule has 7 nitrogen and oxygen atoms in total. The van der Waals surface area contributed by atoms with Crippen LogP contribution in [0, 0.1) is 5.92 Å². The van der Waals surface area contributed by atoms with E-state index in [4.69, 9.17) is 14.2 Å². The van der Waals surface area contributed by atoms with Crippen molar-refractivity contribution in [2.24, 2.45) is 5.92 Å². The second-order valence-corrected chi connectivity index (χ2v) is 6.17. The van der Waals surface area contributed by atoms with Crippen molar-refractivity contribution in [1.29, 1.82) is 0 Å². The van der Waals surface area contributed by atoms with Gasteiger partial charge in [0, 0.05) is 24.8 Å². The van der Waals surface area contributed by atoms with Crippen LogP contribution in [0.4, 0.5) is 5.82 Å². The van der Waals surface area contributed by atoms with Crippen molar-refractivity contribution in [1.82, 2.24) is 15.0 Å². The van der Waals surface area contributed by atoms with Crippen LogP contribution in [0.1, 0.15) is 6.42 Å². The molecule has 24 heavy (non-hydrogen) atoms. The van der Waals surface area contributed by atoms with Crippen LogP contribution in [0.15, 0.2) is 36.9 Å². The van der Waals surface area contributed by atoms with Gasteiger partial charge >= 0.3 is 0 Å². The summed E-state index contributed by atoms with van der Waals surface area (Å²) < 4.78 is 17.1. The Labute approximate surface area is 140 Å². The van der Waals surface area contributed by atoms with Gasteiger partial charge in [0.25, 0.3) is 0 Å². The fraction of sp³-hybridized carbons (Fsp3) is 0.471. The minimum atomic E-state index is -0.138. The Hall–Kier alpha value is -2.41. The zero-order valence-corrected chi connectivity index (χ0v) is 13.6. The number of rotatable bonds is 5. The monoisotopic (exact) mass is 328 g/mol. The minimum absolute atomic E-state index is 0.138. The first kappa shape index (κ1) is 15.1. The summed E-state index contributed by atoms with van der Waals surface area (Å²) in [5.74, 6) is 2.62. The smallest absolute Gasteiger partial charge is 0.218 e. The summed E-state index contributed by atoms with van der Waals surface area (Å²) in [5.41, 5.74) is -0.138. The molecule has 0 bridgehead atoms. The molecule has 0 aromatic carbocycles. The first-order valence-corrected chi connectivity index (χ1v) is 8.07. The van der Waals surface area contributed by atoms with E-state index in [0.29, 0.717) is 18.4 Å². The average Bonchev–Trinajstić information content (AvgIpc) is 3.03. The van der Waals surface area contributed by atoms with Gasteiger partial charge in [0.15, 0.2) is 0 Å². The van der Waals surface area contributed by atoms with E-state index in [0.717, 1.165) is 37.7 Å². The molecule has 2 saturated heterocycles. The van der Waals surface area contributed by atoms with Crippen LogP contribution >= 0.6 is 0 Å². The van der Waals surface area contributed by atoms with E-state index in [1.165, 1.54) is 6.33 Å². The second kappa shape index (κ2) is 6.24. The van der Waals surface area contributed by atoms with E-state index >= 15 is 0 Å². The van der Waals surface area contributed by atoms with Crippen molar-refractivity contribution in [3.63, 3.8) is 0 Å². The summed E-state index contributed by atoms with van der Waals surface area (Å²) >= 11 is 0. The zero-order valence-electron chi connectivity index (χ0n) is 13.6. The number of hydrogen-bond donors (Lipinski definition) is 0. The Morgan fingerprint density at radius 2 is 2.29 bits per heavy atom. The lowest BCUT2D eigenvalue weighted by atomic mass is 9.81. The third-order valence-electron chi connectivity index (χ3n) is 4.76. The summed E-state index contributed by atoms with van der Waals surface area (Å²) in [4.78, 5) is 14.6. The molecule has 0 saturated carbocycles. The first-order chi connectivity index (χ1) is 11.8. The summed E-state index contributed by atoms with van der Waals surface area (Å²) in [6.07, 6.45) is 6.02. The van der Waals surface area contributed by atoms with Crippen LogP contribution in [0.25, 0.3) is 0 Å². The number of hydrogen-bond acceptors (Lipinski definition) is 7. The predicted octanol–water partition coefficient (Wildman–Crippen LogP) is 1.55. The topological polar surface area (TPSA) is 69.6 Å². The van der Waals surface area contributed by atoms with E-state index < -0.39 is 0 Å². The molecule has 2 aromatic rings. The lowest BCUT2D eigenvalue weighted by Gasteiger charge is -2.50. The number of methoxy groups -OCH3 is 1. The molecule has 1 atom stereocenters. The third kappa shape index (κ3) is 2.75. The number of anilines is 1. The van der Waals surface area contributed by atoms with Crippen molar-refractivity contribution in [3.8, 4) is 11.6 Å². The molecule has 4 heterocycles. The summed E-state index contributed by atoms with van der Waals surface area (Å²) in [6, 6.07) is 5.66. The summed E-state index contributed by atoms with van der Waals surface area (Å²) in [5, 5.41) is 0. The largest absolute Gasteiger partial charge is 0.492 e. The fourth-order valence-electron chi connectivity index (χ4n) is 3.38. The van der Waals surface area contributed by atoms with Gasteiger partial charge in [0.2, 0.25) is 5.88 Å². The van der Waals surface area contributed by atoms with Gasteiger partial charge in [-0.15, -0.1) is 0 Å². The predicted molar refractivity (Wildman–Crippen MR) is 87.3 cm³/mol. The van der Waals surface area contributed by atoms with Crippen molar-refractivity contribution in [2.45, 2.75) is 12.0 Å². The standard InChI is InChI=1S/C17H20N4O3/c1-22-16-7-15(19-12-20-16)21-10-17(11-21)13(4-6-24-17)9-23-14-3-2-5-18-8-14/h2-3,5,7-8,12-13H,4,6,9-11H2,1H3/t13-/m0/s1. The highest BCUT2D eigenvalue weighted by Crippen LogP contribution is 2.41. The van der Waals surface area contributed by atoms with Crippen molar-refractivity contribution in [3.05, 3.63) is 36.9 Å². The van der Waals surface area contributed by atoms with Crippen molar-refractivity contribution >= 4 is 5.82 Å². The fourth-order valence-corrected chi connectivity index (χ4v) is 3.38. The van der Waals surface area contributed by atoms with Gasteiger partial charge in [-0.05, 0) is 18.6 Å².